The first-order valence-electron chi connectivity index (χ1n) is 12.6. The lowest BCUT2D eigenvalue weighted by Gasteiger charge is -2.27. The SMILES string of the molecule is O=C(Nc1ccc2sc3c(-c4cccc5c(=O)cc(N6CCCCC6)oc45)cccc3c2c1)c1cocn1. The molecule has 1 N–H and O–H groups in total. The first-order chi connectivity index (χ1) is 18.7. The Kier molecular flexibility index (Phi) is 5.47. The van der Waals surface area contributed by atoms with Crippen LogP contribution in [0.5, 0.6) is 0 Å². The van der Waals surface area contributed by atoms with Crippen molar-refractivity contribution in [3.63, 3.8) is 0 Å². The van der Waals surface area contributed by atoms with Gasteiger partial charge in [0.05, 0.1) is 5.39 Å². The summed E-state index contributed by atoms with van der Waals surface area (Å²) in [4.78, 5) is 31.7. The van der Waals surface area contributed by atoms with E-state index in [0.29, 0.717) is 22.5 Å². The number of anilines is 2. The van der Waals surface area contributed by atoms with E-state index in [1.807, 2.05) is 42.5 Å². The lowest BCUT2D eigenvalue weighted by Crippen LogP contribution is -2.30. The molecule has 0 spiro atoms. The van der Waals surface area contributed by atoms with Crippen molar-refractivity contribution in [1.29, 1.82) is 0 Å². The number of benzene rings is 3. The molecule has 3 aromatic heterocycles. The van der Waals surface area contributed by atoms with Gasteiger partial charge in [-0.1, -0.05) is 30.3 Å². The number of amides is 1. The van der Waals surface area contributed by atoms with Crippen molar-refractivity contribution in [3.05, 3.63) is 89.2 Å². The maximum atomic E-state index is 13.1. The quantitative estimate of drug-likeness (QED) is 0.267. The molecule has 1 saturated heterocycles. The molecule has 1 aliphatic heterocycles. The summed E-state index contributed by atoms with van der Waals surface area (Å²) in [6.45, 7) is 1.80. The fourth-order valence-corrected chi connectivity index (χ4v) is 6.47. The summed E-state index contributed by atoms with van der Waals surface area (Å²) >= 11 is 1.68. The summed E-state index contributed by atoms with van der Waals surface area (Å²) in [5, 5.41) is 5.59. The van der Waals surface area contributed by atoms with Gasteiger partial charge in [-0.2, -0.15) is 0 Å². The zero-order valence-corrected chi connectivity index (χ0v) is 21.2. The van der Waals surface area contributed by atoms with Crippen molar-refractivity contribution in [1.82, 2.24) is 4.98 Å². The predicted molar refractivity (Wildman–Crippen MR) is 151 cm³/mol. The Morgan fingerprint density at radius 3 is 2.55 bits per heavy atom. The van der Waals surface area contributed by atoms with Gasteiger partial charge in [-0.05, 0) is 43.5 Å². The summed E-state index contributed by atoms with van der Waals surface area (Å²) in [5.74, 6) is 0.319. The van der Waals surface area contributed by atoms with Crippen LogP contribution in [0.25, 0.3) is 42.3 Å². The van der Waals surface area contributed by atoms with Crippen molar-refractivity contribution in [3.8, 4) is 11.1 Å². The first kappa shape index (κ1) is 22.7. The third kappa shape index (κ3) is 3.85. The molecule has 0 atom stereocenters. The second-order valence-corrected chi connectivity index (χ2v) is 10.6. The van der Waals surface area contributed by atoms with Crippen molar-refractivity contribution in [2.45, 2.75) is 19.3 Å². The van der Waals surface area contributed by atoms with Gasteiger partial charge in [0.15, 0.2) is 23.4 Å². The molecule has 8 heteroatoms. The number of fused-ring (bicyclic) bond motifs is 4. The van der Waals surface area contributed by atoms with Crippen LogP contribution >= 0.6 is 11.3 Å². The number of hydrogen-bond donors (Lipinski definition) is 1. The lowest BCUT2D eigenvalue weighted by atomic mass is 10.0. The van der Waals surface area contributed by atoms with Crippen molar-refractivity contribution < 1.29 is 13.6 Å². The molecular weight excluding hydrogens is 498 g/mol. The van der Waals surface area contributed by atoms with Gasteiger partial charge in [0.25, 0.3) is 5.91 Å². The minimum absolute atomic E-state index is 0.0234. The van der Waals surface area contributed by atoms with Crippen LogP contribution in [-0.2, 0) is 0 Å². The van der Waals surface area contributed by atoms with Gasteiger partial charge < -0.3 is 19.1 Å². The molecule has 0 unspecified atom stereocenters. The van der Waals surface area contributed by atoms with Gasteiger partial charge in [-0.15, -0.1) is 11.3 Å². The van der Waals surface area contributed by atoms with Gasteiger partial charge in [-0.25, -0.2) is 4.98 Å². The molecule has 0 radical (unpaired) electrons. The molecule has 38 heavy (non-hydrogen) atoms. The van der Waals surface area contributed by atoms with Crippen LogP contribution in [0.2, 0.25) is 0 Å². The molecule has 1 aliphatic rings. The van der Waals surface area contributed by atoms with E-state index in [0.717, 1.165) is 57.2 Å². The largest absolute Gasteiger partial charge is 0.451 e. The molecule has 0 bridgehead atoms. The fraction of sp³-hybridized carbons (Fsp3) is 0.167. The van der Waals surface area contributed by atoms with E-state index in [-0.39, 0.29) is 17.0 Å². The smallest absolute Gasteiger partial charge is 0.277 e. The molecule has 1 fully saturated rings. The Hall–Kier alpha value is -4.43. The number of para-hydroxylation sites is 1. The van der Waals surface area contributed by atoms with Crippen LogP contribution in [-0.4, -0.2) is 24.0 Å². The monoisotopic (exact) mass is 521 g/mol. The van der Waals surface area contributed by atoms with E-state index < -0.39 is 0 Å². The summed E-state index contributed by atoms with van der Waals surface area (Å²) < 4.78 is 13.6. The van der Waals surface area contributed by atoms with Gasteiger partial charge in [0.2, 0.25) is 0 Å². The van der Waals surface area contributed by atoms with Crippen LogP contribution in [0.15, 0.2) is 86.9 Å². The standard InChI is InChI=1S/C30H23N3O4S/c34-25-15-27(33-12-2-1-3-13-33)37-28-19(6-4-9-22(25)28)20-7-5-8-21-23-14-18(10-11-26(23)38-29(20)21)32-30(35)24-16-36-17-31-24/h4-11,14-17H,1-3,12-13H2,(H,32,35). The van der Waals surface area contributed by atoms with Gasteiger partial charge in [0, 0.05) is 56.1 Å². The first-order valence-corrected chi connectivity index (χ1v) is 13.4. The number of aromatic nitrogens is 1. The number of carbonyl (C=O) groups excluding carboxylic acids is 1. The molecule has 1 amide bonds. The Morgan fingerprint density at radius 2 is 1.74 bits per heavy atom. The van der Waals surface area contributed by atoms with Crippen molar-refractivity contribution >= 4 is 60.0 Å². The number of hydrogen-bond acceptors (Lipinski definition) is 7. The number of thiophene rings is 1. The predicted octanol–water partition coefficient (Wildman–Crippen LogP) is 7.06. The number of nitrogens with one attached hydrogen (secondary N) is 1. The molecule has 188 valence electrons. The van der Waals surface area contributed by atoms with Crippen molar-refractivity contribution in [2.24, 2.45) is 0 Å². The Bertz CT molecular complexity index is 1880. The summed E-state index contributed by atoms with van der Waals surface area (Å²) in [6.07, 6.45) is 5.96. The molecule has 4 heterocycles. The van der Waals surface area contributed by atoms with Crippen molar-refractivity contribution in [2.75, 3.05) is 23.3 Å². The third-order valence-corrected chi connectivity index (χ3v) is 8.34. The van der Waals surface area contributed by atoms with E-state index in [9.17, 15) is 9.59 Å². The highest BCUT2D eigenvalue weighted by Crippen LogP contribution is 2.42. The van der Waals surface area contributed by atoms with Crippen LogP contribution in [0, 0.1) is 0 Å². The minimum Gasteiger partial charge on any atom is -0.451 e. The van der Waals surface area contributed by atoms with Gasteiger partial charge in [-0.3, -0.25) is 9.59 Å². The Balaban J connectivity index is 1.36. The molecule has 0 aliphatic carbocycles. The van der Waals surface area contributed by atoms with E-state index in [1.54, 1.807) is 17.4 Å². The fourth-order valence-electron chi connectivity index (χ4n) is 5.26. The summed E-state index contributed by atoms with van der Waals surface area (Å²) in [7, 11) is 0. The highest BCUT2D eigenvalue weighted by Gasteiger charge is 2.19. The van der Waals surface area contributed by atoms with Crippen LogP contribution in [0.1, 0.15) is 29.8 Å². The number of rotatable bonds is 4. The van der Waals surface area contributed by atoms with E-state index >= 15 is 0 Å². The zero-order chi connectivity index (χ0) is 25.6. The Labute approximate surface area is 221 Å². The third-order valence-electron chi connectivity index (χ3n) is 7.12. The highest BCUT2D eigenvalue weighted by atomic mass is 32.1. The second kappa shape index (κ2) is 9.15. The number of carbonyl (C=O) groups is 1. The molecule has 0 saturated carbocycles. The van der Waals surface area contributed by atoms with E-state index in [1.165, 1.54) is 19.1 Å². The highest BCUT2D eigenvalue weighted by molar-refractivity contribution is 7.26. The second-order valence-electron chi connectivity index (χ2n) is 9.50. The van der Waals surface area contributed by atoms with E-state index in [2.05, 4.69) is 27.3 Å². The topological polar surface area (TPSA) is 88.6 Å². The van der Waals surface area contributed by atoms with E-state index in [4.69, 9.17) is 8.83 Å². The van der Waals surface area contributed by atoms with Gasteiger partial charge in [0.1, 0.15) is 11.8 Å². The van der Waals surface area contributed by atoms with Gasteiger partial charge >= 0.3 is 0 Å². The molecule has 7 nitrogen and oxygen atoms in total. The minimum atomic E-state index is -0.325. The lowest BCUT2D eigenvalue weighted by molar-refractivity contribution is 0.102. The Morgan fingerprint density at radius 1 is 0.921 bits per heavy atom. The normalized spacial score (nSPS) is 13.9. The molecule has 6 aromatic rings. The number of nitrogens with zero attached hydrogens (tertiary/aromatic N) is 2. The average Bonchev–Trinajstić information content (AvgIpc) is 3.62. The molecular formula is C30H23N3O4S. The zero-order valence-electron chi connectivity index (χ0n) is 20.4. The van der Waals surface area contributed by atoms with Crippen LogP contribution < -0.4 is 15.6 Å². The maximum Gasteiger partial charge on any atom is 0.277 e. The van der Waals surface area contributed by atoms with Crippen LogP contribution in [0.4, 0.5) is 11.6 Å². The summed E-state index contributed by atoms with van der Waals surface area (Å²) in [6, 6.07) is 19.5. The number of oxazole rings is 1. The summed E-state index contributed by atoms with van der Waals surface area (Å²) in [5.41, 5.74) is 3.41. The number of piperidine rings is 1. The van der Waals surface area contributed by atoms with Crippen LogP contribution in [0.3, 0.4) is 0 Å². The maximum absolute atomic E-state index is 13.1. The molecule has 7 rings (SSSR count). The molecule has 3 aromatic carbocycles. The average molecular weight is 522 g/mol.